The fraction of sp³-hybridized carbons (Fsp3) is 0.600. The van der Waals surface area contributed by atoms with E-state index in [0.717, 1.165) is 12.8 Å². The minimum absolute atomic E-state index is 0.161. The minimum atomic E-state index is -1.25. The second-order valence-electron chi connectivity index (χ2n) is 3.57. The highest BCUT2D eigenvalue weighted by atomic mass is 32.8. The lowest BCUT2D eigenvalue weighted by Gasteiger charge is -2.13. The van der Waals surface area contributed by atoms with Crippen molar-refractivity contribution in [3.05, 3.63) is 0 Å². The third-order valence-electron chi connectivity index (χ3n) is 2.25. The molecule has 2 atom stereocenters. The van der Waals surface area contributed by atoms with Crippen LogP contribution in [0.25, 0.3) is 0 Å². The lowest BCUT2D eigenvalue weighted by molar-refractivity contribution is -0.156. The van der Waals surface area contributed by atoms with Crippen molar-refractivity contribution in [2.45, 2.75) is 19.8 Å². The molecule has 0 N–H and O–H groups in total. The third kappa shape index (κ3) is 4.08. The predicted molar refractivity (Wildman–Crippen MR) is 80.0 cm³/mol. The number of thiol groups is 1. The van der Waals surface area contributed by atoms with Crippen LogP contribution in [0.5, 0.6) is 0 Å². The van der Waals surface area contributed by atoms with E-state index in [2.05, 4.69) is 27.6 Å². The van der Waals surface area contributed by atoms with Crippen LogP contribution in [-0.2, 0) is 39.7 Å². The summed E-state index contributed by atoms with van der Waals surface area (Å²) in [4.78, 5) is 23.6. The van der Waals surface area contributed by atoms with Crippen LogP contribution in [0.15, 0.2) is 10.2 Å². The lowest BCUT2D eigenvalue weighted by Crippen LogP contribution is -2.36. The van der Waals surface area contributed by atoms with Gasteiger partial charge in [-0.3, -0.25) is 9.59 Å². The van der Waals surface area contributed by atoms with Gasteiger partial charge in [-0.15, -0.1) is 22.8 Å². The predicted octanol–water partition coefficient (Wildman–Crippen LogP) is 0.812. The number of carbonyl (C=O) groups excluding carboxylic acids is 2. The summed E-state index contributed by atoms with van der Waals surface area (Å²) >= 11 is 9.15. The number of methoxy groups -OCH3 is 1. The molecule has 0 spiro atoms. The molecule has 1 aliphatic heterocycles. The van der Waals surface area contributed by atoms with E-state index < -0.39 is 27.3 Å². The molecule has 0 saturated heterocycles. The van der Waals surface area contributed by atoms with Crippen LogP contribution >= 0.6 is 12.6 Å². The Hall–Kier alpha value is -0.800. The van der Waals surface area contributed by atoms with Crippen LogP contribution in [-0.4, -0.2) is 35.1 Å². The molecule has 1 rings (SSSR count). The van der Waals surface area contributed by atoms with Crippen LogP contribution in [0.4, 0.5) is 0 Å². The largest absolute Gasteiger partial charge is 0.468 e. The van der Waals surface area contributed by atoms with Gasteiger partial charge in [-0.1, -0.05) is 13.3 Å². The van der Waals surface area contributed by atoms with Gasteiger partial charge in [0, 0.05) is 0 Å². The molecule has 1 heterocycles. The average Bonchev–Trinajstić information content (AvgIpc) is 2.71. The van der Waals surface area contributed by atoms with Gasteiger partial charge in [0.05, 0.1) is 13.7 Å². The van der Waals surface area contributed by atoms with E-state index >= 15 is 0 Å². The summed E-state index contributed by atoms with van der Waals surface area (Å²) in [7, 11) is 0.199. The number of rotatable bonds is 6. The van der Waals surface area contributed by atoms with Gasteiger partial charge >= 0.3 is 11.9 Å². The first kappa shape index (κ1) is 16.3. The number of nitrogens with zero attached hydrogens (tertiary/aromatic N) is 2. The van der Waals surface area contributed by atoms with Gasteiger partial charge in [-0.25, -0.2) is 0 Å². The van der Waals surface area contributed by atoms with Crippen molar-refractivity contribution in [3.8, 4) is 0 Å². The number of ether oxygens (including phenoxy) is 2. The Bertz CT molecular complexity index is 462. The Kier molecular flexibility index (Phi) is 6.59. The fourth-order valence-corrected chi connectivity index (χ4v) is 2.88. The van der Waals surface area contributed by atoms with Crippen molar-refractivity contribution in [2.75, 3.05) is 13.7 Å². The molecule has 0 saturated carbocycles. The van der Waals surface area contributed by atoms with Gasteiger partial charge < -0.3 is 9.47 Å². The van der Waals surface area contributed by atoms with Crippen molar-refractivity contribution >= 4 is 54.6 Å². The second kappa shape index (κ2) is 7.71. The Morgan fingerprint density at radius 3 is 2.58 bits per heavy atom. The van der Waals surface area contributed by atoms with E-state index in [1.165, 1.54) is 7.11 Å². The van der Waals surface area contributed by atoms with E-state index in [-0.39, 0.29) is 11.7 Å². The Labute approximate surface area is 123 Å². The Morgan fingerprint density at radius 1 is 1.42 bits per heavy atom. The summed E-state index contributed by atoms with van der Waals surface area (Å²) in [5.74, 6) is -2.71. The maximum Gasteiger partial charge on any atom is 0.327 e. The van der Waals surface area contributed by atoms with E-state index in [4.69, 9.17) is 15.9 Å². The van der Waals surface area contributed by atoms with Crippen molar-refractivity contribution in [2.24, 2.45) is 16.1 Å². The molecule has 9 heteroatoms. The highest BCUT2D eigenvalue weighted by molar-refractivity contribution is 8.53. The van der Waals surface area contributed by atoms with Crippen LogP contribution < -0.4 is 0 Å². The molecule has 106 valence electrons. The maximum absolute atomic E-state index is 11.9. The number of carbonyl (C=O) groups is 2. The molecule has 0 aromatic rings. The monoisotopic (exact) mass is 322 g/mol. The van der Waals surface area contributed by atoms with Gasteiger partial charge in [0.1, 0.15) is 5.04 Å². The Morgan fingerprint density at radius 2 is 2.11 bits per heavy atom. The van der Waals surface area contributed by atoms with Gasteiger partial charge in [0.25, 0.3) is 0 Å². The molecule has 0 amide bonds. The van der Waals surface area contributed by atoms with Gasteiger partial charge in [0.15, 0.2) is 4.38 Å². The van der Waals surface area contributed by atoms with Crippen molar-refractivity contribution in [3.63, 3.8) is 0 Å². The number of hydrogen-bond acceptors (Lipinski definition) is 7. The SMILES string of the molecule is CCCCOC(=O)C(C(=O)OC)C1=NN=C(S)S1=S. The smallest absolute Gasteiger partial charge is 0.327 e. The molecular formula is C10H14N2O4S3. The Balaban J connectivity index is 2.82. The first-order valence-corrected chi connectivity index (χ1v) is 8.13. The van der Waals surface area contributed by atoms with Crippen LogP contribution in [0.1, 0.15) is 19.8 Å². The molecule has 19 heavy (non-hydrogen) atoms. The van der Waals surface area contributed by atoms with Crippen molar-refractivity contribution in [1.82, 2.24) is 0 Å². The third-order valence-corrected chi connectivity index (χ3v) is 5.36. The first-order chi connectivity index (χ1) is 9.02. The van der Waals surface area contributed by atoms with Crippen molar-refractivity contribution < 1.29 is 19.1 Å². The van der Waals surface area contributed by atoms with E-state index in [1.807, 2.05) is 6.92 Å². The van der Waals surface area contributed by atoms with Gasteiger partial charge in [-0.2, -0.15) is 0 Å². The zero-order valence-electron chi connectivity index (χ0n) is 10.5. The summed E-state index contributed by atoms with van der Waals surface area (Å²) < 4.78 is 9.93. The number of hydrogen-bond donors (Lipinski definition) is 1. The zero-order valence-corrected chi connectivity index (χ0v) is 13.0. The summed E-state index contributed by atoms with van der Waals surface area (Å²) in [5.41, 5.74) is 0. The highest BCUT2D eigenvalue weighted by Gasteiger charge is 2.39. The summed E-state index contributed by atoms with van der Waals surface area (Å²) in [6.07, 6.45) is 1.60. The standard InChI is InChI=1S/C10H14N2O4S3/c1-3-4-5-16-9(14)6(8(13)15-2)7-11-12-10(17)19(7)18/h6H,3-5H2,1-2H3,(H,12,17). The molecule has 1 aliphatic rings. The molecular weight excluding hydrogens is 308 g/mol. The molecule has 0 radical (unpaired) electrons. The molecule has 0 aromatic heterocycles. The van der Waals surface area contributed by atoms with Crippen molar-refractivity contribution in [1.29, 1.82) is 0 Å². The molecule has 6 nitrogen and oxygen atoms in total. The van der Waals surface area contributed by atoms with E-state index in [9.17, 15) is 9.59 Å². The number of esters is 2. The highest BCUT2D eigenvalue weighted by Crippen LogP contribution is 2.17. The summed E-state index contributed by atoms with van der Waals surface area (Å²) in [6.45, 7) is 2.21. The minimum Gasteiger partial charge on any atom is -0.468 e. The van der Waals surface area contributed by atoms with Crippen LogP contribution in [0.3, 0.4) is 0 Å². The van der Waals surface area contributed by atoms with Crippen LogP contribution in [0.2, 0.25) is 0 Å². The normalized spacial score (nSPS) is 19.4. The molecule has 0 bridgehead atoms. The number of unbranched alkanes of at least 4 members (excludes halogenated alkanes) is 1. The van der Waals surface area contributed by atoms with E-state index in [0.29, 0.717) is 4.38 Å². The topological polar surface area (TPSA) is 77.3 Å². The first-order valence-electron chi connectivity index (χ1n) is 5.53. The van der Waals surface area contributed by atoms with Gasteiger partial charge in [0.2, 0.25) is 5.92 Å². The van der Waals surface area contributed by atoms with E-state index in [1.54, 1.807) is 0 Å². The molecule has 0 fully saturated rings. The summed E-state index contributed by atoms with van der Waals surface area (Å²) in [5, 5.41) is 7.59. The quantitative estimate of drug-likeness (QED) is 0.339. The fourth-order valence-electron chi connectivity index (χ4n) is 1.24. The molecule has 0 aromatic carbocycles. The zero-order chi connectivity index (χ0) is 14.4. The lowest BCUT2D eigenvalue weighted by atomic mass is 10.1. The van der Waals surface area contributed by atoms with Gasteiger partial charge in [-0.05, 0) is 27.1 Å². The second-order valence-corrected chi connectivity index (χ2v) is 6.64. The average molecular weight is 322 g/mol. The molecule has 2 unspecified atom stereocenters. The maximum atomic E-state index is 11.9. The summed E-state index contributed by atoms with van der Waals surface area (Å²) in [6, 6.07) is 0. The van der Waals surface area contributed by atoms with Crippen LogP contribution in [0, 0.1) is 5.92 Å². The molecule has 0 aliphatic carbocycles.